The number of hydrogen-bond donors (Lipinski definition) is 2. The number of nitrogens with one attached hydrogen (secondary N) is 2. The lowest BCUT2D eigenvalue weighted by atomic mass is 10.1. The molecule has 2 aliphatic heterocycles. The highest BCUT2D eigenvalue weighted by atomic mass is 15.4. The average molecular weight is 424 g/mol. The Morgan fingerprint density at radius 3 is 2.53 bits per heavy atom. The van der Waals surface area contributed by atoms with E-state index in [1.165, 1.54) is 17.6 Å². The maximum absolute atomic E-state index is 8.56. The number of aryl methyl sites for hydroxylation is 3. The van der Waals surface area contributed by atoms with E-state index in [0.717, 1.165) is 60.8 Å². The van der Waals surface area contributed by atoms with E-state index in [0.29, 0.717) is 12.3 Å². The van der Waals surface area contributed by atoms with Gasteiger partial charge in [0.25, 0.3) is 0 Å². The van der Waals surface area contributed by atoms with Gasteiger partial charge in [0.2, 0.25) is 0 Å². The van der Waals surface area contributed by atoms with Gasteiger partial charge in [0.1, 0.15) is 23.3 Å². The lowest BCUT2D eigenvalue weighted by molar-refractivity contribution is 0.751. The fourth-order valence-electron chi connectivity index (χ4n) is 5.08. The van der Waals surface area contributed by atoms with Crippen molar-refractivity contribution >= 4 is 18.0 Å². The molecule has 3 aromatic heterocycles. The zero-order valence-corrected chi connectivity index (χ0v) is 17.8. The largest absolute Gasteiger partial charge is 0.291 e. The number of anilines is 1. The number of aromatic nitrogens is 4. The molecule has 7 heteroatoms. The Bertz CT molecular complexity index is 1320. The molecule has 0 unspecified atom stereocenters. The van der Waals surface area contributed by atoms with E-state index in [1.807, 2.05) is 24.4 Å². The molecular weight excluding hydrogens is 398 g/mol. The smallest absolute Gasteiger partial charge is 0.143 e. The molecule has 2 aliphatic rings. The predicted octanol–water partition coefficient (Wildman–Crippen LogP) is 4.67. The zero-order valence-electron chi connectivity index (χ0n) is 17.8. The van der Waals surface area contributed by atoms with Crippen molar-refractivity contribution in [3.8, 4) is 17.3 Å². The molecule has 2 N–H and O–H groups in total. The van der Waals surface area contributed by atoms with Gasteiger partial charge in [-0.15, -0.1) is 0 Å². The predicted molar refractivity (Wildman–Crippen MR) is 126 cm³/mol. The van der Waals surface area contributed by atoms with Gasteiger partial charge in [-0.25, -0.2) is 4.68 Å². The van der Waals surface area contributed by atoms with E-state index < -0.39 is 0 Å². The van der Waals surface area contributed by atoms with Gasteiger partial charge in [-0.2, -0.15) is 5.10 Å². The number of rotatable bonds is 3. The summed E-state index contributed by atoms with van der Waals surface area (Å²) in [6, 6.07) is 16.8. The van der Waals surface area contributed by atoms with Crippen LogP contribution in [0.4, 0.5) is 5.82 Å². The molecule has 1 aromatic carbocycles. The first-order valence-electron chi connectivity index (χ1n) is 11.2. The van der Waals surface area contributed by atoms with Crippen molar-refractivity contribution in [1.29, 1.82) is 10.8 Å². The van der Waals surface area contributed by atoms with E-state index in [9.17, 15) is 0 Å². The first-order valence-corrected chi connectivity index (χ1v) is 11.2. The van der Waals surface area contributed by atoms with Gasteiger partial charge in [0.15, 0.2) is 0 Å². The molecule has 160 valence electrons. The lowest BCUT2D eigenvalue weighted by Crippen LogP contribution is -2.30. The van der Waals surface area contributed by atoms with Gasteiger partial charge < -0.3 is 0 Å². The topological polar surface area (TPSA) is 78.6 Å². The summed E-state index contributed by atoms with van der Waals surface area (Å²) in [4.78, 5) is 1.72. The summed E-state index contributed by atoms with van der Waals surface area (Å²) in [7, 11) is 0. The molecular formula is C25H25N7. The Labute approximate surface area is 186 Å². The second-order valence-corrected chi connectivity index (χ2v) is 8.44. The molecule has 5 heterocycles. The number of amidine groups is 1. The van der Waals surface area contributed by atoms with Crippen molar-refractivity contribution < 1.29 is 0 Å². The van der Waals surface area contributed by atoms with Gasteiger partial charge in [-0.1, -0.05) is 18.2 Å². The van der Waals surface area contributed by atoms with E-state index in [2.05, 4.69) is 55.4 Å². The van der Waals surface area contributed by atoms with Crippen molar-refractivity contribution in [1.82, 2.24) is 18.9 Å². The Morgan fingerprint density at radius 1 is 0.875 bits per heavy atom. The number of para-hydroxylation sites is 1. The van der Waals surface area contributed by atoms with Crippen LogP contribution in [0.5, 0.6) is 0 Å². The van der Waals surface area contributed by atoms with Gasteiger partial charge >= 0.3 is 0 Å². The molecule has 0 spiro atoms. The number of fused-ring (bicyclic) bond motifs is 4. The minimum atomic E-state index is 0.460. The van der Waals surface area contributed by atoms with Crippen LogP contribution in [0, 0.1) is 10.8 Å². The molecule has 7 nitrogen and oxygen atoms in total. The summed E-state index contributed by atoms with van der Waals surface area (Å²) in [6.45, 7) is 0. The number of benzene rings is 1. The molecule has 6 rings (SSSR count). The van der Waals surface area contributed by atoms with Crippen molar-refractivity contribution in [3.05, 3.63) is 77.7 Å². The molecule has 0 amide bonds. The summed E-state index contributed by atoms with van der Waals surface area (Å²) in [5.41, 5.74) is 4.69. The first-order chi connectivity index (χ1) is 15.8. The van der Waals surface area contributed by atoms with E-state index in [4.69, 9.17) is 10.8 Å². The molecule has 32 heavy (non-hydrogen) atoms. The van der Waals surface area contributed by atoms with Crippen LogP contribution in [-0.4, -0.2) is 31.1 Å². The van der Waals surface area contributed by atoms with Crippen LogP contribution in [0.3, 0.4) is 0 Å². The summed E-state index contributed by atoms with van der Waals surface area (Å²) < 4.78 is 6.49. The highest BCUT2D eigenvalue weighted by Gasteiger charge is 2.28. The maximum atomic E-state index is 8.56. The summed E-state index contributed by atoms with van der Waals surface area (Å²) in [6.07, 6.45) is 10.9. The van der Waals surface area contributed by atoms with Crippen molar-refractivity contribution in [2.45, 2.75) is 38.5 Å². The third-order valence-electron chi connectivity index (χ3n) is 6.54. The van der Waals surface area contributed by atoms with Gasteiger partial charge in [0, 0.05) is 30.2 Å². The van der Waals surface area contributed by atoms with Crippen LogP contribution in [-0.2, 0) is 19.3 Å². The zero-order chi connectivity index (χ0) is 21.7. The monoisotopic (exact) mass is 423 g/mol. The molecule has 4 aromatic rings. The minimum Gasteiger partial charge on any atom is -0.291 e. The van der Waals surface area contributed by atoms with E-state index in [1.54, 1.807) is 4.90 Å². The Kier molecular flexibility index (Phi) is 4.35. The third-order valence-corrected chi connectivity index (χ3v) is 6.54. The molecule has 0 radical (unpaired) electrons. The van der Waals surface area contributed by atoms with Crippen LogP contribution >= 0.6 is 0 Å². The van der Waals surface area contributed by atoms with E-state index >= 15 is 0 Å². The quantitative estimate of drug-likeness (QED) is 0.371. The normalized spacial score (nSPS) is 15.5. The highest BCUT2D eigenvalue weighted by Crippen LogP contribution is 2.37. The SMILES string of the molecule is N=CN1C(=N)CCCc2cc(-n3ccc4c3-n3nccc3CCC4)n(-c3ccccc3)c21. The molecule has 0 fully saturated rings. The summed E-state index contributed by atoms with van der Waals surface area (Å²) >= 11 is 0. The molecule has 0 saturated heterocycles. The molecule has 0 aliphatic carbocycles. The number of hydrogen-bond acceptors (Lipinski definition) is 3. The van der Waals surface area contributed by atoms with Gasteiger partial charge in [0.05, 0.1) is 6.34 Å². The van der Waals surface area contributed by atoms with Crippen LogP contribution in [0.15, 0.2) is 60.9 Å². The van der Waals surface area contributed by atoms with Gasteiger partial charge in [-0.3, -0.25) is 24.9 Å². The summed E-state index contributed by atoms with van der Waals surface area (Å²) in [5.74, 6) is 3.44. The fourth-order valence-corrected chi connectivity index (χ4v) is 5.08. The highest BCUT2D eigenvalue weighted by molar-refractivity contribution is 6.09. The minimum absolute atomic E-state index is 0.460. The van der Waals surface area contributed by atoms with Crippen molar-refractivity contribution in [3.63, 3.8) is 0 Å². The van der Waals surface area contributed by atoms with Crippen LogP contribution in [0.25, 0.3) is 17.3 Å². The Morgan fingerprint density at radius 2 is 1.69 bits per heavy atom. The fraction of sp³-hybridized carbons (Fsp3) is 0.240. The van der Waals surface area contributed by atoms with Crippen molar-refractivity contribution in [2.75, 3.05) is 4.90 Å². The number of nitrogens with zero attached hydrogens (tertiary/aromatic N) is 5. The lowest BCUT2D eigenvalue weighted by Gasteiger charge is -2.23. The van der Waals surface area contributed by atoms with Crippen LogP contribution in [0.1, 0.15) is 36.1 Å². The summed E-state index contributed by atoms with van der Waals surface area (Å²) in [5, 5.41) is 21.3. The average Bonchev–Trinajstić information content (AvgIpc) is 3.48. The molecule has 0 atom stereocenters. The standard InChI is InChI=1S/C25H25N7/c26-17-30-22(27)11-5-7-19-16-23(31(24(19)30)20-8-2-1-3-9-20)29-15-13-18-6-4-10-21-12-14-28-32(21)25(18)29/h1-3,8-9,12-17,26-27H,4-7,10-11H2. The van der Waals surface area contributed by atoms with Gasteiger partial charge in [-0.05, 0) is 73.6 Å². The Balaban J connectivity index is 1.66. The molecule has 0 saturated carbocycles. The van der Waals surface area contributed by atoms with Crippen molar-refractivity contribution in [2.24, 2.45) is 0 Å². The Hall–Kier alpha value is -3.87. The second-order valence-electron chi connectivity index (χ2n) is 8.44. The van der Waals surface area contributed by atoms with Crippen LogP contribution in [0.2, 0.25) is 0 Å². The first kappa shape index (κ1) is 18.9. The molecule has 0 bridgehead atoms. The van der Waals surface area contributed by atoms with E-state index in [-0.39, 0.29) is 0 Å². The third kappa shape index (κ3) is 2.77. The maximum Gasteiger partial charge on any atom is 0.143 e. The second kappa shape index (κ2) is 7.37. The van der Waals surface area contributed by atoms with Crippen LogP contribution < -0.4 is 4.90 Å².